The summed E-state index contributed by atoms with van der Waals surface area (Å²) in [6.07, 6.45) is 1.50. The molecule has 0 bridgehead atoms. The van der Waals surface area contributed by atoms with E-state index in [1.54, 1.807) is 13.0 Å². The molecule has 0 saturated carbocycles. The maximum Gasteiger partial charge on any atom is 0.219 e. The van der Waals surface area contributed by atoms with Crippen molar-refractivity contribution in [2.24, 2.45) is 0 Å². The van der Waals surface area contributed by atoms with E-state index < -0.39 is 0 Å². The van der Waals surface area contributed by atoms with Gasteiger partial charge in [-0.2, -0.15) is 0 Å². The molecule has 3 rings (SSSR count). The van der Waals surface area contributed by atoms with Crippen LogP contribution in [0.3, 0.4) is 0 Å². The van der Waals surface area contributed by atoms with Crippen LogP contribution in [0.2, 0.25) is 5.02 Å². The molecule has 6 heteroatoms. The second-order valence-electron chi connectivity index (χ2n) is 6.00. The van der Waals surface area contributed by atoms with Gasteiger partial charge in [-0.25, -0.2) is 0 Å². The van der Waals surface area contributed by atoms with Crippen molar-refractivity contribution >= 4 is 28.5 Å². The van der Waals surface area contributed by atoms with Gasteiger partial charge in [0, 0.05) is 45.2 Å². The van der Waals surface area contributed by atoms with Crippen LogP contribution in [-0.4, -0.2) is 41.9 Å². The molecule has 0 atom stereocenters. The number of benzene rings is 1. The van der Waals surface area contributed by atoms with Crippen molar-refractivity contribution in [3.8, 4) is 0 Å². The van der Waals surface area contributed by atoms with Crippen LogP contribution in [0.15, 0.2) is 27.6 Å². The van der Waals surface area contributed by atoms with Crippen molar-refractivity contribution in [1.82, 2.24) is 9.80 Å². The smallest absolute Gasteiger partial charge is 0.219 e. The first-order valence-corrected chi connectivity index (χ1v) is 8.02. The van der Waals surface area contributed by atoms with Gasteiger partial charge in [0.15, 0.2) is 11.0 Å². The standard InChI is InChI=1S/C17H19ClN2O3/c1-11-7-14-16(22)13(10-23-17(14)15(18)8-11)9-19-3-5-20(6-4-19)12(2)21/h7-8,10H,3-6,9H2,1-2H3. The summed E-state index contributed by atoms with van der Waals surface area (Å²) in [7, 11) is 0. The van der Waals surface area contributed by atoms with Crippen LogP contribution in [-0.2, 0) is 11.3 Å². The van der Waals surface area contributed by atoms with Crippen LogP contribution in [0, 0.1) is 6.92 Å². The zero-order valence-corrected chi connectivity index (χ0v) is 14.0. The lowest BCUT2D eigenvalue weighted by molar-refractivity contribution is -0.130. The molecule has 0 N–H and O–H groups in total. The van der Waals surface area contributed by atoms with Gasteiger partial charge >= 0.3 is 0 Å². The average Bonchev–Trinajstić information content (AvgIpc) is 2.51. The van der Waals surface area contributed by atoms with Crippen molar-refractivity contribution in [2.45, 2.75) is 20.4 Å². The normalized spacial score (nSPS) is 16.0. The molecule has 0 unspecified atom stereocenters. The van der Waals surface area contributed by atoms with E-state index in [1.165, 1.54) is 6.26 Å². The number of piperazine rings is 1. The third-order valence-corrected chi connectivity index (χ3v) is 4.54. The molecule has 0 spiro atoms. The van der Waals surface area contributed by atoms with Gasteiger partial charge in [-0.15, -0.1) is 0 Å². The lowest BCUT2D eigenvalue weighted by Gasteiger charge is -2.33. The fourth-order valence-electron chi connectivity index (χ4n) is 2.94. The number of carbonyl (C=O) groups excluding carboxylic acids is 1. The molecule has 1 aliphatic heterocycles. The third kappa shape index (κ3) is 3.26. The number of amides is 1. The Hall–Kier alpha value is -1.85. The molecule has 2 aromatic rings. The highest BCUT2D eigenvalue weighted by molar-refractivity contribution is 6.34. The highest BCUT2D eigenvalue weighted by Crippen LogP contribution is 2.23. The first kappa shape index (κ1) is 16.0. The van der Waals surface area contributed by atoms with Crippen molar-refractivity contribution in [1.29, 1.82) is 0 Å². The van der Waals surface area contributed by atoms with Crippen LogP contribution in [0.5, 0.6) is 0 Å². The van der Waals surface area contributed by atoms with Crippen LogP contribution in [0.1, 0.15) is 18.1 Å². The summed E-state index contributed by atoms with van der Waals surface area (Å²) in [6, 6.07) is 3.59. The summed E-state index contributed by atoms with van der Waals surface area (Å²) < 4.78 is 5.59. The Morgan fingerprint density at radius 1 is 1.26 bits per heavy atom. The number of aryl methyl sites for hydroxylation is 1. The van der Waals surface area contributed by atoms with Gasteiger partial charge in [0.1, 0.15) is 0 Å². The van der Waals surface area contributed by atoms with E-state index in [9.17, 15) is 9.59 Å². The fourth-order valence-corrected chi connectivity index (χ4v) is 3.26. The number of nitrogens with zero attached hydrogens (tertiary/aromatic N) is 2. The zero-order chi connectivity index (χ0) is 16.6. The molecule has 0 radical (unpaired) electrons. The molecule has 0 aliphatic carbocycles. The first-order valence-electron chi connectivity index (χ1n) is 7.64. The Morgan fingerprint density at radius 3 is 2.61 bits per heavy atom. The Kier molecular flexibility index (Phi) is 4.41. The molecule has 23 heavy (non-hydrogen) atoms. The Bertz CT molecular complexity index is 807. The molecule has 1 aliphatic rings. The van der Waals surface area contributed by atoms with Gasteiger partial charge < -0.3 is 9.32 Å². The molecule has 122 valence electrons. The van der Waals surface area contributed by atoms with E-state index in [1.807, 2.05) is 17.9 Å². The number of hydrogen-bond acceptors (Lipinski definition) is 4. The van der Waals surface area contributed by atoms with Gasteiger partial charge in [0.25, 0.3) is 0 Å². The Morgan fingerprint density at radius 2 is 1.96 bits per heavy atom. The van der Waals surface area contributed by atoms with E-state index >= 15 is 0 Å². The molecule has 1 aromatic heterocycles. The van der Waals surface area contributed by atoms with E-state index in [2.05, 4.69) is 4.90 Å². The van der Waals surface area contributed by atoms with Crippen molar-refractivity contribution in [3.63, 3.8) is 0 Å². The monoisotopic (exact) mass is 334 g/mol. The maximum absolute atomic E-state index is 12.7. The summed E-state index contributed by atoms with van der Waals surface area (Å²) in [4.78, 5) is 28.0. The average molecular weight is 335 g/mol. The summed E-state index contributed by atoms with van der Waals surface area (Å²) >= 11 is 6.14. The van der Waals surface area contributed by atoms with Crippen molar-refractivity contribution < 1.29 is 9.21 Å². The van der Waals surface area contributed by atoms with Crippen molar-refractivity contribution in [2.75, 3.05) is 26.2 Å². The molecule has 2 heterocycles. The van der Waals surface area contributed by atoms with Crippen LogP contribution in [0.25, 0.3) is 11.0 Å². The second-order valence-corrected chi connectivity index (χ2v) is 6.40. The highest BCUT2D eigenvalue weighted by Gasteiger charge is 2.20. The third-order valence-electron chi connectivity index (χ3n) is 4.25. The van der Waals surface area contributed by atoms with Crippen molar-refractivity contribution in [3.05, 3.63) is 44.8 Å². The predicted octanol–water partition coefficient (Wildman–Crippen LogP) is 2.42. The number of rotatable bonds is 2. The molecule has 1 amide bonds. The number of carbonyl (C=O) groups is 1. The Labute approximate surface area is 139 Å². The molecule has 1 fully saturated rings. The number of halogens is 1. The van der Waals surface area contributed by atoms with E-state index in [-0.39, 0.29) is 11.3 Å². The molecule has 5 nitrogen and oxygen atoms in total. The topological polar surface area (TPSA) is 53.8 Å². The van der Waals surface area contributed by atoms with E-state index in [0.29, 0.717) is 41.2 Å². The maximum atomic E-state index is 12.7. The summed E-state index contributed by atoms with van der Waals surface area (Å²) in [5.74, 6) is 0.0972. The molecular formula is C17H19ClN2O3. The van der Waals surface area contributed by atoms with Crippen LogP contribution >= 0.6 is 11.6 Å². The molecule has 1 saturated heterocycles. The second kappa shape index (κ2) is 6.34. The minimum Gasteiger partial charge on any atom is -0.462 e. The summed E-state index contributed by atoms with van der Waals surface area (Å²) in [6.45, 7) is 6.91. The number of hydrogen-bond donors (Lipinski definition) is 0. The summed E-state index contributed by atoms with van der Waals surface area (Å²) in [5, 5.41) is 0.980. The number of fused-ring (bicyclic) bond motifs is 1. The lowest BCUT2D eigenvalue weighted by Crippen LogP contribution is -2.47. The largest absolute Gasteiger partial charge is 0.462 e. The van der Waals surface area contributed by atoms with Gasteiger partial charge in [-0.3, -0.25) is 14.5 Å². The highest BCUT2D eigenvalue weighted by atomic mass is 35.5. The van der Waals surface area contributed by atoms with Gasteiger partial charge in [0.05, 0.1) is 16.7 Å². The molecular weight excluding hydrogens is 316 g/mol. The Balaban J connectivity index is 1.83. The van der Waals surface area contributed by atoms with Gasteiger partial charge in [-0.1, -0.05) is 11.6 Å². The minimum atomic E-state index is -0.0363. The van der Waals surface area contributed by atoms with Gasteiger partial charge in [0.2, 0.25) is 5.91 Å². The minimum absolute atomic E-state index is 0.0363. The fraction of sp³-hybridized carbons (Fsp3) is 0.412. The SMILES string of the molecule is CC(=O)N1CCN(Cc2coc3c(Cl)cc(C)cc3c2=O)CC1. The van der Waals surface area contributed by atoms with Crippen LogP contribution in [0.4, 0.5) is 0 Å². The quantitative estimate of drug-likeness (QED) is 0.846. The van der Waals surface area contributed by atoms with Gasteiger partial charge in [-0.05, 0) is 24.6 Å². The van der Waals surface area contributed by atoms with E-state index in [0.717, 1.165) is 18.7 Å². The lowest BCUT2D eigenvalue weighted by atomic mass is 10.1. The summed E-state index contributed by atoms with van der Waals surface area (Å²) in [5.41, 5.74) is 1.95. The first-order chi connectivity index (χ1) is 11.0. The molecule has 1 aromatic carbocycles. The van der Waals surface area contributed by atoms with Crippen LogP contribution < -0.4 is 5.43 Å². The van der Waals surface area contributed by atoms with E-state index in [4.69, 9.17) is 16.0 Å². The zero-order valence-electron chi connectivity index (χ0n) is 13.3. The predicted molar refractivity (Wildman–Crippen MR) is 89.8 cm³/mol.